The molecule has 150 valence electrons. The van der Waals surface area contributed by atoms with Crippen LogP contribution in [0.15, 0.2) is 36.7 Å². The fourth-order valence-electron chi connectivity index (χ4n) is 3.06. The monoisotopic (exact) mass is 395 g/mol. The number of nitrogens with one attached hydrogen (secondary N) is 2. The average Bonchev–Trinajstić information content (AvgIpc) is 3.17. The minimum absolute atomic E-state index is 0.0799. The van der Waals surface area contributed by atoms with E-state index in [9.17, 15) is 5.11 Å². The number of hydrogen-bond donors (Lipinski definition) is 3. The van der Waals surface area contributed by atoms with Gasteiger partial charge >= 0.3 is 6.01 Å². The first kappa shape index (κ1) is 18.8. The number of allylic oxidation sites excluding steroid dienone is 1. The fraction of sp³-hybridized carbons (Fsp3) is 0.316. The van der Waals surface area contributed by atoms with Crippen LogP contribution in [0.5, 0.6) is 11.9 Å². The van der Waals surface area contributed by atoms with Crippen molar-refractivity contribution >= 4 is 17.1 Å². The first-order valence-electron chi connectivity index (χ1n) is 9.20. The first-order valence-corrected chi connectivity index (χ1v) is 9.20. The van der Waals surface area contributed by atoms with Gasteiger partial charge in [-0.1, -0.05) is 0 Å². The number of nitrogens with zero attached hydrogens (tertiary/aromatic N) is 5. The summed E-state index contributed by atoms with van der Waals surface area (Å²) in [6.45, 7) is 1.41. The maximum Gasteiger partial charge on any atom is 0.326 e. The van der Waals surface area contributed by atoms with Gasteiger partial charge in [-0.2, -0.15) is 9.97 Å². The van der Waals surface area contributed by atoms with Gasteiger partial charge in [-0.25, -0.2) is 4.98 Å². The lowest BCUT2D eigenvalue weighted by Gasteiger charge is -2.22. The standard InChI is InChI=1S/C19H21N7O3/c1-26-10-15(23-11-26)17-16-14(2-5-21-17)18(27)25-19(24-16)29-13(8-20)9-22-12-3-6-28-7-4-12/h2,5,8-12,20,22H,3-4,6-7H2,1H3,(H,24,25,27)/b13-9+,20-8?. The number of aromatic nitrogens is 5. The molecule has 3 aromatic rings. The smallest absolute Gasteiger partial charge is 0.326 e. The largest absolute Gasteiger partial charge is 0.493 e. The molecule has 4 heterocycles. The summed E-state index contributed by atoms with van der Waals surface area (Å²) in [7, 11) is 1.86. The molecule has 0 aliphatic carbocycles. The molecule has 4 rings (SSSR count). The van der Waals surface area contributed by atoms with Gasteiger partial charge in [0.25, 0.3) is 0 Å². The number of pyridine rings is 1. The number of imidazole rings is 1. The lowest BCUT2D eigenvalue weighted by Crippen LogP contribution is -2.31. The van der Waals surface area contributed by atoms with Gasteiger partial charge in [0, 0.05) is 44.9 Å². The van der Waals surface area contributed by atoms with Gasteiger partial charge < -0.3 is 29.9 Å². The Hall–Kier alpha value is -3.53. The molecule has 0 aromatic carbocycles. The van der Waals surface area contributed by atoms with E-state index in [4.69, 9.17) is 14.9 Å². The molecule has 1 aliphatic heterocycles. The topological polar surface area (TPSA) is 131 Å². The number of ether oxygens (including phenoxy) is 2. The third-order valence-corrected chi connectivity index (χ3v) is 4.56. The number of aromatic hydroxyl groups is 1. The highest BCUT2D eigenvalue weighted by Crippen LogP contribution is 2.30. The summed E-state index contributed by atoms with van der Waals surface area (Å²) in [6, 6.07) is 1.80. The molecule has 0 saturated carbocycles. The van der Waals surface area contributed by atoms with Crippen molar-refractivity contribution in [1.29, 1.82) is 5.41 Å². The van der Waals surface area contributed by atoms with Gasteiger partial charge in [-0.3, -0.25) is 4.98 Å². The van der Waals surface area contributed by atoms with Crippen LogP contribution in [0.25, 0.3) is 22.3 Å². The molecule has 0 unspecified atom stereocenters. The van der Waals surface area contributed by atoms with Gasteiger partial charge in [0.1, 0.15) is 16.9 Å². The van der Waals surface area contributed by atoms with Gasteiger partial charge in [0.15, 0.2) is 5.76 Å². The van der Waals surface area contributed by atoms with Crippen LogP contribution in [0.2, 0.25) is 0 Å². The van der Waals surface area contributed by atoms with Crippen LogP contribution in [-0.2, 0) is 11.8 Å². The quantitative estimate of drug-likeness (QED) is 0.425. The fourth-order valence-corrected chi connectivity index (χ4v) is 3.06. The molecule has 1 saturated heterocycles. The van der Waals surface area contributed by atoms with Gasteiger partial charge in [0.2, 0.25) is 5.88 Å². The molecule has 0 atom stereocenters. The molecule has 3 N–H and O–H groups in total. The Kier molecular flexibility index (Phi) is 5.34. The Balaban J connectivity index is 1.64. The Labute approximate surface area is 166 Å². The normalized spacial score (nSPS) is 15.4. The zero-order valence-corrected chi connectivity index (χ0v) is 15.9. The second-order valence-electron chi connectivity index (χ2n) is 6.66. The van der Waals surface area contributed by atoms with Crippen molar-refractivity contribution in [2.24, 2.45) is 7.05 Å². The van der Waals surface area contributed by atoms with E-state index in [-0.39, 0.29) is 23.7 Å². The minimum atomic E-state index is -0.230. The van der Waals surface area contributed by atoms with Crippen LogP contribution in [0, 0.1) is 5.41 Å². The van der Waals surface area contributed by atoms with E-state index in [1.807, 2.05) is 13.2 Å². The molecule has 29 heavy (non-hydrogen) atoms. The molecular formula is C19H21N7O3. The van der Waals surface area contributed by atoms with Crippen LogP contribution in [0.3, 0.4) is 0 Å². The molecule has 0 radical (unpaired) electrons. The van der Waals surface area contributed by atoms with Crippen molar-refractivity contribution in [2.75, 3.05) is 13.2 Å². The second-order valence-corrected chi connectivity index (χ2v) is 6.66. The zero-order valence-electron chi connectivity index (χ0n) is 15.9. The lowest BCUT2D eigenvalue weighted by atomic mass is 10.1. The Morgan fingerprint density at radius 2 is 2.17 bits per heavy atom. The zero-order chi connectivity index (χ0) is 20.2. The van der Waals surface area contributed by atoms with Gasteiger partial charge in [-0.15, -0.1) is 0 Å². The van der Waals surface area contributed by atoms with E-state index in [0.717, 1.165) is 19.1 Å². The van der Waals surface area contributed by atoms with Crippen molar-refractivity contribution < 1.29 is 14.6 Å². The molecule has 1 aliphatic rings. The molecule has 10 nitrogen and oxygen atoms in total. The third-order valence-electron chi connectivity index (χ3n) is 4.56. The van der Waals surface area contributed by atoms with Crippen LogP contribution < -0.4 is 10.1 Å². The minimum Gasteiger partial charge on any atom is -0.493 e. The molecule has 1 fully saturated rings. The third kappa shape index (κ3) is 4.16. The summed E-state index contributed by atoms with van der Waals surface area (Å²) in [5, 5.41) is 21.6. The Bertz CT molecular complexity index is 1060. The number of hydrogen-bond acceptors (Lipinski definition) is 9. The van der Waals surface area contributed by atoms with Crippen molar-refractivity contribution in [3.8, 4) is 23.3 Å². The van der Waals surface area contributed by atoms with E-state index >= 15 is 0 Å². The number of aryl methyl sites for hydroxylation is 1. The molecule has 0 amide bonds. The van der Waals surface area contributed by atoms with E-state index in [1.54, 1.807) is 29.4 Å². The highest BCUT2D eigenvalue weighted by Gasteiger charge is 2.16. The number of fused-ring (bicyclic) bond motifs is 1. The summed E-state index contributed by atoms with van der Waals surface area (Å²) >= 11 is 0. The first-order chi connectivity index (χ1) is 14.1. The van der Waals surface area contributed by atoms with E-state index in [2.05, 4.69) is 25.3 Å². The van der Waals surface area contributed by atoms with Crippen LogP contribution in [0.4, 0.5) is 0 Å². The van der Waals surface area contributed by atoms with Crippen molar-refractivity contribution in [2.45, 2.75) is 18.9 Å². The molecule has 3 aromatic heterocycles. The summed E-state index contributed by atoms with van der Waals surface area (Å²) in [4.78, 5) is 17.1. The highest BCUT2D eigenvalue weighted by atomic mass is 16.5. The molecular weight excluding hydrogens is 374 g/mol. The molecule has 0 bridgehead atoms. The van der Waals surface area contributed by atoms with Crippen LogP contribution >= 0.6 is 0 Å². The van der Waals surface area contributed by atoms with E-state index in [1.165, 1.54) is 0 Å². The van der Waals surface area contributed by atoms with Gasteiger partial charge in [-0.05, 0) is 18.9 Å². The van der Waals surface area contributed by atoms with Crippen LogP contribution in [0.1, 0.15) is 12.8 Å². The summed E-state index contributed by atoms with van der Waals surface area (Å²) in [6.07, 6.45) is 9.46. The molecule has 10 heteroatoms. The average molecular weight is 395 g/mol. The number of rotatable bonds is 6. The summed E-state index contributed by atoms with van der Waals surface area (Å²) in [5.74, 6) is -0.00943. The Morgan fingerprint density at radius 1 is 1.34 bits per heavy atom. The predicted molar refractivity (Wildman–Crippen MR) is 106 cm³/mol. The van der Waals surface area contributed by atoms with Gasteiger partial charge in [0.05, 0.1) is 17.9 Å². The predicted octanol–water partition coefficient (Wildman–Crippen LogP) is 1.77. The van der Waals surface area contributed by atoms with Crippen molar-refractivity contribution in [1.82, 2.24) is 29.8 Å². The second kappa shape index (κ2) is 8.23. The van der Waals surface area contributed by atoms with E-state index < -0.39 is 0 Å². The lowest BCUT2D eigenvalue weighted by molar-refractivity contribution is 0.0810. The van der Waals surface area contributed by atoms with Crippen LogP contribution in [-0.4, -0.2) is 55.1 Å². The molecule has 0 spiro atoms. The van der Waals surface area contributed by atoms with E-state index in [0.29, 0.717) is 35.5 Å². The summed E-state index contributed by atoms with van der Waals surface area (Å²) in [5.41, 5.74) is 1.54. The highest BCUT2D eigenvalue weighted by molar-refractivity contribution is 5.93. The van der Waals surface area contributed by atoms with Crippen molar-refractivity contribution in [3.05, 3.63) is 36.7 Å². The Morgan fingerprint density at radius 3 is 2.90 bits per heavy atom. The van der Waals surface area contributed by atoms with Crippen molar-refractivity contribution in [3.63, 3.8) is 0 Å². The summed E-state index contributed by atoms with van der Waals surface area (Å²) < 4.78 is 12.8. The SMILES string of the molecule is Cn1cnc(-c2nccc3c(O)nc(O/C(C=N)=C/NC4CCOCC4)nc23)c1. The maximum atomic E-state index is 10.4. The maximum absolute atomic E-state index is 10.4.